The summed E-state index contributed by atoms with van der Waals surface area (Å²) in [6.07, 6.45) is 0.934. The van der Waals surface area contributed by atoms with Crippen molar-refractivity contribution in [2.24, 2.45) is 5.92 Å². The Labute approximate surface area is 112 Å². The number of carbonyl (C=O) groups excluding carboxylic acids is 1. The third-order valence-corrected chi connectivity index (χ3v) is 2.63. The van der Waals surface area contributed by atoms with Gasteiger partial charge in [-0.05, 0) is 18.1 Å². The molecule has 2 aromatic rings. The summed E-state index contributed by atoms with van der Waals surface area (Å²) in [5.41, 5.74) is 4.36. The molecule has 0 atom stereocenters. The lowest BCUT2D eigenvalue weighted by molar-refractivity contribution is -0.134. The van der Waals surface area contributed by atoms with Crippen molar-refractivity contribution in [3.63, 3.8) is 0 Å². The summed E-state index contributed by atoms with van der Waals surface area (Å²) in [4.78, 5) is 24.2. The maximum atomic E-state index is 11.5. The number of aromatic amines is 1. The molecule has 1 heterocycles. The van der Waals surface area contributed by atoms with Gasteiger partial charge in [0, 0.05) is 12.8 Å². The largest absolute Gasteiger partial charge is 0.342 e. The summed E-state index contributed by atoms with van der Waals surface area (Å²) in [7, 11) is 0. The lowest BCUT2D eigenvalue weighted by Gasteiger charge is -2.06. The van der Waals surface area contributed by atoms with Gasteiger partial charge in [0.05, 0.1) is 17.6 Å². The summed E-state index contributed by atoms with van der Waals surface area (Å²) < 4.78 is 0. The molecule has 0 aliphatic rings. The first-order valence-corrected chi connectivity index (χ1v) is 6.49. The summed E-state index contributed by atoms with van der Waals surface area (Å²) >= 11 is 0. The van der Waals surface area contributed by atoms with Gasteiger partial charge in [-0.3, -0.25) is 9.63 Å². The van der Waals surface area contributed by atoms with E-state index in [9.17, 15) is 4.79 Å². The second kappa shape index (κ2) is 6.33. The molecule has 5 heteroatoms. The van der Waals surface area contributed by atoms with Gasteiger partial charge in [-0.25, -0.2) is 10.5 Å². The molecule has 0 fully saturated rings. The number of hydroxylamine groups is 1. The quantitative estimate of drug-likeness (QED) is 0.783. The lowest BCUT2D eigenvalue weighted by atomic mass is 10.2. The molecule has 0 saturated heterocycles. The number of hydrogen-bond acceptors (Lipinski definition) is 3. The Hall–Kier alpha value is -1.88. The molecule has 0 saturated carbocycles. The molecule has 0 spiro atoms. The van der Waals surface area contributed by atoms with Crippen LogP contribution in [0, 0.1) is 5.92 Å². The van der Waals surface area contributed by atoms with Gasteiger partial charge in [0.2, 0.25) is 5.91 Å². The molecule has 0 radical (unpaired) electrons. The minimum absolute atomic E-state index is 0.124. The van der Waals surface area contributed by atoms with Crippen LogP contribution in [-0.4, -0.2) is 22.5 Å². The fraction of sp³-hybridized carbons (Fsp3) is 0.429. The average Bonchev–Trinajstić information content (AvgIpc) is 2.78. The van der Waals surface area contributed by atoms with Crippen molar-refractivity contribution < 1.29 is 9.63 Å². The third kappa shape index (κ3) is 4.06. The van der Waals surface area contributed by atoms with Gasteiger partial charge in [0.15, 0.2) is 0 Å². The van der Waals surface area contributed by atoms with Crippen LogP contribution < -0.4 is 5.48 Å². The van der Waals surface area contributed by atoms with Crippen molar-refractivity contribution in [2.45, 2.75) is 26.7 Å². The number of nitrogens with one attached hydrogen (secondary N) is 2. The van der Waals surface area contributed by atoms with E-state index in [1.165, 1.54) is 0 Å². The molecule has 0 bridgehead atoms. The van der Waals surface area contributed by atoms with E-state index in [0.717, 1.165) is 16.9 Å². The number of carbonyl (C=O) groups is 1. The van der Waals surface area contributed by atoms with Crippen LogP contribution in [0.2, 0.25) is 0 Å². The van der Waals surface area contributed by atoms with Crippen molar-refractivity contribution >= 4 is 16.9 Å². The van der Waals surface area contributed by atoms with Crippen LogP contribution >= 0.6 is 0 Å². The number of aryl methyl sites for hydroxylation is 1. The van der Waals surface area contributed by atoms with E-state index in [2.05, 4.69) is 15.4 Å². The molecule has 2 rings (SSSR count). The Bertz CT molecular complexity index is 515. The summed E-state index contributed by atoms with van der Waals surface area (Å²) in [6.45, 7) is 4.58. The van der Waals surface area contributed by atoms with E-state index in [-0.39, 0.29) is 5.91 Å². The first-order chi connectivity index (χ1) is 9.15. The molecular formula is C14H19N3O2. The van der Waals surface area contributed by atoms with Gasteiger partial charge in [-0.1, -0.05) is 26.0 Å². The van der Waals surface area contributed by atoms with E-state index >= 15 is 0 Å². The van der Waals surface area contributed by atoms with Crippen LogP contribution in [0.15, 0.2) is 24.3 Å². The smallest absolute Gasteiger partial charge is 0.243 e. The minimum atomic E-state index is -0.124. The standard InChI is InChI=1S/C14H19N3O2/c1-10(2)9-19-17-14(18)8-7-13-15-11-5-3-4-6-12(11)16-13/h3-6,10H,7-9H2,1-2H3,(H,15,16)(H,17,18). The Kier molecular flexibility index (Phi) is 4.52. The van der Waals surface area contributed by atoms with Gasteiger partial charge in [-0.15, -0.1) is 0 Å². The number of nitrogens with zero attached hydrogens (tertiary/aromatic N) is 1. The lowest BCUT2D eigenvalue weighted by Crippen LogP contribution is -2.25. The number of para-hydroxylation sites is 2. The van der Waals surface area contributed by atoms with E-state index in [0.29, 0.717) is 25.4 Å². The van der Waals surface area contributed by atoms with Gasteiger partial charge < -0.3 is 4.98 Å². The number of hydrogen-bond donors (Lipinski definition) is 2. The molecule has 102 valence electrons. The van der Waals surface area contributed by atoms with Gasteiger partial charge in [-0.2, -0.15) is 0 Å². The average molecular weight is 261 g/mol. The molecule has 1 aromatic heterocycles. The molecule has 0 aliphatic heterocycles. The number of amides is 1. The highest BCUT2D eigenvalue weighted by Crippen LogP contribution is 2.11. The van der Waals surface area contributed by atoms with Crippen molar-refractivity contribution in [2.75, 3.05) is 6.61 Å². The van der Waals surface area contributed by atoms with Crippen LogP contribution in [0.3, 0.4) is 0 Å². The van der Waals surface area contributed by atoms with Crippen molar-refractivity contribution in [3.05, 3.63) is 30.1 Å². The van der Waals surface area contributed by atoms with Crippen molar-refractivity contribution in [1.82, 2.24) is 15.4 Å². The Balaban J connectivity index is 1.80. The Morgan fingerprint density at radius 2 is 2.21 bits per heavy atom. The Morgan fingerprint density at radius 3 is 2.95 bits per heavy atom. The van der Waals surface area contributed by atoms with E-state index < -0.39 is 0 Å². The van der Waals surface area contributed by atoms with Crippen LogP contribution in [0.25, 0.3) is 11.0 Å². The van der Waals surface area contributed by atoms with Gasteiger partial charge >= 0.3 is 0 Å². The van der Waals surface area contributed by atoms with Crippen molar-refractivity contribution in [1.29, 1.82) is 0 Å². The minimum Gasteiger partial charge on any atom is -0.342 e. The fourth-order valence-electron chi connectivity index (χ4n) is 1.70. The summed E-state index contributed by atoms with van der Waals surface area (Å²) in [6, 6.07) is 7.81. The SMILES string of the molecule is CC(C)CONC(=O)CCc1nc2ccccc2[nH]1. The zero-order valence-electron chi connectivity index (χ0n) is 11.3. The van der Waals surface area contributed by atoms with E-state index in [1.807, 2.05) is 38.1 Å². The number of benzene rings is 1. The van der Waals surface area contributed by atoms with Gasteiger partial charge in [0.25, 0.3) is 0 Å². The first kappa shape index (κ1) is 13.5. The van der Waals surface area contributed by atoms with Crippen LogP contribution in [0.5, 0.6) is 0 Å². The second-order valence-electron chi connectivity index (χ2n) is 4.93. The molecule has 5 nitrogen and oxygen atoms in total. The number of rotatable bonds is 6. The second-order valence-corrected chi connectivity index (χ2v) is 4.93. The predicted molar refractivity (Wildman–Crippen MR) is 73.3 cm³/mol. The molecule has 0 unspecified atom stereocenters. The highest BCUT2D eigenvalue weighted by Gasteiger charge is 2.06. The normalized spacial score (nSPS) is 11.1. The topological polar surface area (TPSA) is 67.0 Å². The predicted octanol–water partition coefficient (Wildman–Crippen LogP) is 2.20. The summed E-state index contributed by atoms with van der Waals surface area (Å²) in [5, 5.41) is 0. The molecule has 0 aliphatic carbocycles. The maximum absolute atomic E-state index is 11.5. The molecule has 1 amide bonds. The van der Waals surface area contributed by atoms with Crippen LogP contribution in [0.4, 0.5) is 0 Å². The maximum Gasteiger partial charge on any atom is 0.243 e. The van der Waals surface area contributed by atoms with E-state index in [1.54, 1.807) is 0 Å². The molecule has 19 heavy (non-hydrogen) atoms. The van der Waals surface area contributed by atoms with Gasteiger partial charge in [0.1, 0.15) is 5.82 Å². The fourth-order valence-corrected chi connectivity index (χ4v) is 1.70. The zero-order valence-corrected chi connectivity index (χ0v) is 11.3. The van der Waals surface area contributed by atoms with Crippen LogP contribution in [0.1, 0.15) is 26.1 Å². The number of fused-ring (bicyclic) bond motifs is 1. The molecular weight excluding hydrogens is 242 g/mol. The number of aromatic nitrogens is 2. The zero-order chi connectivity index (χ0) is 13.7. The van der Waals surface area contributed by atoms with Crippen molar-refractivity contribution in [3.8, 4) is 0 Å². The van der Waals surface area contributed by atoms with Crippen LogP contribution in [-0.2, 0) is 16.1 Å². The molecule has 2 N–H and O–H groups in total. The monoisotopic (exact) mass is 261 g/mol. The Morgan fingerprint density at radius 1 is 1.42 bits per heavy atom. The molecule has 1 aromatic carbocycles. The number of imidazole rings is 1. The first-order valence-electron chi connectivity index (χ1n) is 6.49. The highest BCUT2D eigenvalue weighted by atomic mass is 16.6. The number of H-pyrrole nitrogens is 1. The summed E-state index contributed by atoms with van der Waals surface area (Å²) in [5.74, 6) is 1.09. The third-order valence-electron chi connectivity index (χ3n) is 2.63. The van der Waals surface area contributed by atoms with E-state index in [4.69, 9.17) is 4.84 Å². The highest BCUT2D eigenvalue weighted by molar-refractivity contribution is 5.76.